The minimum Gasteiger partial charge on any atom is -0.465 e. The Morgan fingerprint density at radius 2 is 2.14 bits per heavy atom. The van der Waals surface area contributed by atoms with Crippen LogP contribution in [0.4, 0.5) is 0 Å². The van der Waals surface area contributed by atoms with Crippen molar-refractivity contribution in [2.45, 2.75) is 38.6 Å². The molecule has 22 heavy (non-hydrogen) atoms. The molecule has 1 heterocycles. The summed E-state index contributed by atoms with van der Waals surface area (Å²) in [5.74, 6) is 1.61. The fraction of sp³-hybridized carbons (Fsp3) is 0.588. The van der Waals surface area contributed by atoms with Gasteiger partial charge in [0.1, 0.15) is 5.69 Å². The number of aromatic nitrogens is 1. The molecule has 5 nitrogen and oxygen atoms in total. The van der Waals surface area contributed by atoms with Crippen LogP contribution in [0.1, 0.15) is 53.5 Å². The van der Waals surface area contributed by atoms with Crippen molar-refractivity contribution in [3.05, 3.63) is 29.6 Å². The van der Waals surface area contributed by atoms with Gasteiger partial charge in [0.25, 0.3) is 5.91 Å². The molecular formula is C17H22N2O3. The van der Waals surface area contributed by atoms with Crippen LogP contribution in [0.3, 0.4) is 0 Å². The Morgan fingerprint density at radius 1 is 1.32 bits per heavy atom. The molecular weight excluding hydrogens is 280 g/mol. The van der Waals surface area contributed by atoms with Gasteiger partial charge < -0.3 is 10.1 Å². The molecule has 0 aromatic carbocycles. The third kappa shape index (κ3) is 2.85. The van der Waals surface area contributed by atoms with Crippen LogP contribution >= 0.6 is 0 Å². The molecule has 2 fully saturated rings. The minimum atomic E-state index is -0.449. The van der Waals surface area contributed by atoms with Gasteiger partial charge >= 0.3 is 5.97 Å². The van der Waals surface area contributed by atoms with Crippen LogP contribution < -0.4 is 5.32 Å². The molecule has 0 aliphatic heterocycles. The molecule has 1 aromatic rings. The summed E-state index contributed by atoms with van der Waals surface area (Å²) in [6.07, 6.45) is 6.61. The van der Waals surface area contributed by atoms with Crippen LogP contribution in [0.15, 0.2) is 18.3 Å². The van der Waals surface area contributed by atoms with Crippen molar-refractivity contribution < 1.29 is 14.3 Å². The minimum absolute atomic E-state index is 0.171. The normalized spacial score (nSPS) is 27.5. The number of hydrogen-bond donors (Lipinski definition) is 1. The second kappa shape index (κ2) is 6.07. The van der Waals surface area contributed by atoms with Gasteiger partial charge in [-0.05, 0) is 56.1 Å². The lowest BCUT2D eigenvalue weighted by Crippen LogP contribution is -2.40. The first-order valence-corrected chi connectivity index (χ1v) is 7.93. The van der Waals surface area contributed by atoms with Crippen LogP contribution in [-0.2, 0) is 4.74 Å². The molecule has 1 aromatic heterocycles. The number of amides is 1. The molecule has 0 spiro atoms. The maximum atomic E-state index is 12.3. The molecule has 118 valence electrons. The Morgan fingerprint density at radius 3 is 2.68 bits per heavy atom. The molecule has 1 amide bonds. The number of nitrogens with one attached hydrogen (secondary N) is 1. The van der Waals surface area contributed by atoms with Crippen LogP contribution in [0.2, 0.25) is 0 Å². The van der Waals surface area contributed by atoms with Crippen molar-refractivity contribution in [1.82, 2.24) is 10.3 Å². The van der Waals surface area contributed by atoms with Crippen molar-refractivity contribution in [2.24, 2.45) is 17.8 Å². The molecule has 3 rings (SSSR count). The molecule has 0 radical (unpaired) electrons. The zero-order chi connectivity index (χ0) is 15.7. The van der Waals surface area contributed by atoms with Crippen molar-refractivity contribution >= 4 is 11.9 Å². The van der Waals surface area contributed by atoms with E-state index in [1.165, 1.54) is 39.0 Å². The fourth-order valence-corrected chi connectivity index (χ4v) is 4.06. The number of carbonyl (C=O) groups excluding carboxylic acids is 2. The number of pyridine rings is 1. The van der Waals surface area contributed by atoms with Gasteiger partial charge in [-0.3, -0.25) is 9.78 Å². The number of esters is 1. The van der Waals surface area contributed by atoms with Gasteiger partial charge in [-0.1, -0.05) is 6.42 Å². The van der Waals surface area contributed by atoms with Gasteiger partial charge in [-0.25, -0.2) is 4.79 Å². The first-order chi connectivity index (χ1) is 10.6. The Labute approximate surface area is 130 Å². The van der Waals surface area contributed by atoms with E-state index in [1.54, 1.807) is 12.1 Å². The maximum absolute atomic E-state index is 12.3. The quantitative estimate of drug-likeness (QED) is 0.867. The highest BCUT2D eigenvalue weighted by atomic mass is 16.5. The summed E-state index contributed by atoms with van der Waals surface area (Å²) in [6, 6.07) is 3.30. The standard InChI is InChI=1S/C17H22N2O3/c1-10(14-8-11-3-4-12(14)7-11)19-16(20)15-6-5-13(9-18-15)17(21)22-2/h5-6,9-12,14H,3-4,7-8H2,1-2H3,(H,19,20). The van der Waals surface area contributed by atoms with Crippen LogP contribution in [0.5, 0.6) is 0 Å². The number of rotatable bonds is 4. The molecule has 2 saturated carbocycles. The third-order valence-corrected chi connectivity index (χ3v) is 5.21. The van der Waals surface area contributed by atoms with Crippen LogP contribution in [0, 0.1) is 17.8 Å². The lowest BCUT2D eigenvalue weighted by Gasteiger charge is -2.28. The fourth-order valence-electron chi connectivity index (χ4n) is 4.06. The third-order valence-electron chi connectivity index (χ3n) is 5.21. The first kappa shape index (κ1) is 15.0. The van der Waals surface area contributed by atoms with E-state index in [4.69, 9.17) is 0 Å². The predicted molar refractivity (Wildman–Crippen MR) is 81.4 cm³/mol. The number of nitrogens with zero attached hydrogens (tertiary/aromatic N) is 1. The van der Waals surface area contributed by atoms with Crippen molar-refractivity contribution in [3.8, 4) is 0 Å². The van der Waals surface area contributed by atoms with E-state index in [0.717, 1.165) is 11.8 Å². The zero-order valence-corrected chi connectivity index (χ0v) is 13.0. The molecule has 4 unspecified atom stereocenters. The summed E-state index contributed by atoms with van der Waals surface area (Å²) in [6.45, 7) is 2.09. The van der Waals surface area contributed by atoms with Crippen molar-refractivity contribution in [1.29, 1.82) is 0 Å². The summed E-state index contributed by atoms with van der Waals surface area (Å²) in [7, 11) is 1.32. The number of methoxy groups -OCH3 is 1. The summed E-state index contributed by atoms with van der Waals surface area (Å²) >= 11 is 0. The highest BCUT2D eigenvalue weighted by molar-refractivity contribution is 5.94. The summed E-state index contributed by atoms with van der Waals surface area (Å²) in [5, 5.41) is 3.07. The molecule has 5 heteroatoms. The molecule has 1 N–H and O–H groups in total. The van der Waals surface area contributed by atoms with Gasteiger partial charge in [0.15, 0.2) is 0 Å². The van der Waals surface area contributed by atoms with Crippen molar-refractivity contribution in [2.75, 3.05) is 7.11 Å². The predicted octanol–water partition coefficient (Wildman–Crippen LogP) is 2.42. The molecule has 2 aliphatic rings. The van der Waals surface area contributed by atoms with Gasteiger partial charge in [0, 0.05) is 12.2 Å². The van der Waals surface area contributed by atoms with Gasteiger partial charge in [-0.15, -0.1) is 0 Å². The molecule has 2 aliphatic carbocycles. The van der Waals surface area contributed by atoms with Gasteiger partial charge in [0.2, 0.25) is 0 Å². The SMILES string of the molecule is COC(=O)c1ccc(C(=O)NC(C)C2CC3CCC2C3)nc1. The van der Waals surface area contributed by atoms with E-state index in [9.17, 15) is 9.59 Å². The van der Waals surface area contributed by atoms with E-state index in [-0.39, 0.29) is 11.9 Å². The largest absolute Gasteiger partial charge is 0.465 e. The Hall–Kier alpha value is -1.91. The summed E-state index contributed by atoms with van der Waals surface area (Å²) in [5.41, 5.74) is 0.683. The first-order valence-electron chi connectivity index (χ1n) is 7.93. The molecule has 0 saturated heterocycles. The van der Waals surface area contributed by atoms with E-state index in [0.29, 0.717) is 17.2 Å². The van der Waals surface area contributed by atoms with Gasteiger partial charge in [-0.2, -0.15) is 0 Å². The molecule has 2 bridgehead atoms. The van der Waals surface area contributed by atoms with Crippen LogP contribution in [-0.4, -0.2) is 30.0 Å². The Kier molecular flexibility index (Phi) is 4.14. The second-order valence-electron chi connectivity index (χ2n) is 6.52. The lowest BCUT2D eigenvalue weighted by atomic mass is 9.84. The van der Waals surface area contributed by atoms with E-state index < -0.39 is 5.97 Å². The lowest BCUT2D eigenvalue weighted by molar-refractivity contribution is 0.0599. The zero-order valence-electron chi connectivity index (χ0n) is 13.0. The smallest absolute Gasteiger partial charge is 0.339 e. The van der Waals surface area contributed by atoms with Gasteiger partial charge in [0.05, 0.1) is 12.7 Å². The average molecular weight is 302 g/mol. The van der Waals surface area contributed by atoms with E-state index >= 15 is 0 Å². The highest BCUT2D eigenvalue weighted by Crippen LogP contribution is 2.49. The number of hydrogen-bond acceptors (Lipinski definition) is 4. The number of fused-ring (bicyclic) bond motifs is 2. The summed E-state index contributed by atoms with van der Waals surface area (Å²) < 4.78 is 4.62. The Bertz CT molecular complexity index is 570. The van der Waals surface area contributed by atoms with E-state index in [1.807, 2.05) is 0 Å². The maximum Gasteiger partial charge on any atom is 0.339 e. The summed E-state index contributed by atoms with van der Waals surface area (Å²) in [4.78, 5) is 27.7. The number of ether oxygens (including phenoxy) is 1. The Balaban J connectivity index is 1.60. The number of carbonyl (C=O) groups is 2. The van der Waals surface area contributed by atoms with Crippen LogP contribution in [0.25, 0.3) is 0 Å². The second-order valence-corrected chi connectivity index (χ2v) is 6.52. The topological polar surface area (TPSA) is 68.3 Å². The monoisotopic (exact) mass is 302 g/mol. The highest BCUT2D eigenvalue weighted by Gasteiger charge is 2.42. The average Bonchev–Trinajstić information content (AvgIpc) is 3.17. The molecule has 4 atom stereocenters. The van der Waals surface area contributed by atoms with Crippen molar-refractivity contribution in [3.63, 3.8) is 0 Å². The van der Waals surface area contributed by atoms with E-state index in [2.05, 4.69) is 22.0 Å².